The Kier molecular flexibility index (Phi) is 7.16. The molecule has 2 aromatic rings. The molecule has 1 aliphatic heterocycles. The van der Waals surface area contributed by atoms with E-state index < -0.39 is 45.6 Å². The number of morpholine rings is 1. The number of nitrogens with zero attached hydrogens (tertiary/aromatic N) is 1. The molecule has 1 amide bonds. The first-order valence-electron chi connectivity index (χ1n) is 10.1. The van der Waals surface area contributed by atoms with Crippen LogP contribution >= 0.6 is 0 Å². The maximum absolute atomic E-state index is 13.5. The number of hydrogen-bond acceptors (Lipinski definition) is 5. The lowest BCUT2D eigenvalue weighted by molar-refractivity contribution is -0.0105. The molecule has 2 aromatic carbocycles. The van der Waals surface area contributed by atoms with Gasteiger partial charge in [0.1, 0.15) is 17.2 Å². The first-order valence-corrected chi connectivity index (χ1v) is 11.5. The van der Waals surface area contributed by atoms with Crippen LogP contribution in [0.25, 0.3) is 0 Å². The number of amides is 1. The number of benzene rings is 2. The third-order valence-electron chi connectivity index (χ3n) is 4.84. The summed E-state index contributed by atoms with van der Waals surface area (Å²) in [6.07, 6.45) is -1.73. The van der Waals surface area contributed by atoms with Crippen molar-refractivity contribution in [2.45, 2.75) is 38.4 Å². The molecule has 0 bridgehead atoms. The van der Waals surface area contributed by atoms with Crippen molar-refractivity contribution in [3.05, 3.63) is 71.3 Å². The molecule has 10 heteroatoms. The van der Waals surface area contributed by atoms with Gasteiger partial charge in [0.15, 0.2) is 0 Å². The average molecular weight is 469 g/mol. The summed E-state index contributed by atoms with van der Waals surface area (Å²) in [5.74, 6) is -1.32. The van der Waals surface area contributed by atoms with Crippen LogP contribution in [0.4, 0.5) is 13.6 Å². The van der Waals surface area contributed by atoms with Crippen molar-refractivity contribution in [2.24, 2.45) is 0 Å². The summed E-state index contributed by atoms with van der Waals surface area (Å²) in [5, 5.41) is 0. The minimum atomic E-state index is -4.19. The molecule has 0 aromatic heterocycles. The topological polar surface area (TPSA) is 84.9 Å². The second-order valence-corrected chi connectivity index (χ2v) is 10.1. The first kappa shape index (κ1) is 24.1. The van der Waals surface area contributed by atoms with Crippen LogP contribution in [0.1, 0.15) is 37.8 Å². The van der Waals surface area contributed by atoms with Gasteiger partial charge in [-0.15, -0.1) is 0 Å². The zero-order valence-corrected chi connectivity index (χ0v) is 18.9. The fourth-order valence-corrected chi connectivity index (χ4v) is 4.54. The van der Waals surface area contributed by atoms with Crippen LogP contribution in [0, 0.1) is 11.6 Å². The summed E-state index contributed by atoms with van der Waals surface area (Å²) >= 11 is 0. The molecule has 0 spiro atoms. The number of halogens is 2. The summed E-state index contributed by atoms with van der Waals surface area (Å²) in [5.41, 5.74) is 0.508. The van der Waals surface area contributed by atoms with E-state index in [4.69, 9.17) is 9.47 Å². The van der Waals surface area contributed by atoms with E-state index >= 15 is 0 Å². The summed E-state index contributed by atoms with van der Waals surface area (Å²) in [4.78, 5) is 12.0. The van der Waals surface area contributed by atoms with Gasteiger partial charge < -0.3 is 9.47 Å². The van der Waals surface area contributed by atoms with Gasteiger partial charge >= 0.3 is 16.3 Å². The van der Waals surface area contributed by atoms with Gasteiger partial charge in [0, 0.05) is 19.0 Å². The van der Waals surface area contributed by atoms with Crippen molar-refractivity contribution in [2.75, 3.05) is 19.7 Å². The quantitative estimate of drug-likeness (QED) is 0.725. The molecule has 174 valence electrons. The predicted octanol–water partition coefficient (Wildman–Crippen LogP) is 3.57. The third-order valence-corrected chi connectivity index (χ3v) is 6.27. The fraction of sp³-hybridized carbons (Fsp3) is 0.409. The van der Waals surface area contributed by atoms with Crippen molar-refractivity contribution < 1.29 is 31.5 Å². The maximum Gasteiger partial charge on any atom is 0.422 e. The highest BCUT2D eigenvalue weighted by atomic mass is 32.2. The highest BCUT2D eigenvalue weighted by Gasteiger charge is 2.36. The van der Waals surface area contributed by atoms with Crippen LogP contribution in [-0.4, -0.2) is 50.2 Å². The second kappa shape index (κ2) is 9.51. The van der Waals surface area contributed by atoms with E-state index in [0.29, 0.717) is 11.1 Å². The van der Waals surface area contributed by atoms with Crippen molar-refractivity contribution in [3.63, 3.8) is 0 Å². The van der Waals surface area contributed by atoms with Gasteiger partial charge in [-0.25, -0.2) is 18.3 Å². The number of rotatable bonds is 5. The smallest absolute Gasteiger partial charge is 0.422 e. The van der Waals surface area contributed by atoms with Crippen LogP contribution in [-0.2, 0) is 19.7 Å². The molecule has 32 heavy (non-hydrogen) atoms. The molecule has 1 N–H and O–H groups in total. The van der Waals surface area contributed by atoms with Crippen molar-refractivity contribution in [1.82, 2.24) is 9.03 Å². The standard InChI is InChI=1S/C22H26F2N2O5S/c1-22(2,3)31-21(27)25-32(28,29)26-12-13-30-19(14-26)20(15-4-8-17(23)9-5-15)16-6-10-18(24)11-7-16/h4-11,19-20H,12-14H2,1-3H3,(H,25,27). The Labute approximate surface area is 186 Å². The Morgan fingerprint density at radius 1 is 1.06 bits per heavy atom. The van der Waals surface area contributed by atoms with Crippen LogP contribution in [0.5, 0.6) is 0 Å². The SMILES string of the molecule is CC(C)(C)OC(=O)NS(=O)(=O)N1CCOC(C(c2ccc(F)cc2)c2ccc(F)cc2)C1. The van der Waals surface area contributed by atoms with E-state index in [-0.39, 0.29) is 19.7 Å². The number of carbonyl (C=O) groups is 1. The van der Waals surface area contributed by atoms with Gasteiger partial charge in [-0.05, 0) is 56.2 Å². The van der Waals surface area contributed by atoms with E-state index in [0.717, 1.165) is 4.31 Å². The number of carbonyl (C=O) groups excluding carboxylic acids is 1. The molecular formula is C22H26F2N2O5S. The van der Waals surface area contributed by atoms with Crippen molar-refractivity contribution in [3.8, 4) is 0 Å². The minimum absolute atomic E-state index is 0.0359. The van der Waals surface area contributed by atoms with Gasteiger partial charge in [-0.2, -0.15) is 12.7 Å². The Morgan fingerprint density at radius 3 is 2.03 bits per heavy atom. The summed E-state index contributed by atoms with van der Waals surface area (Å²) in [7, 11) is -4.19. The molecule has 7 nitrogen and oxygen atoms in total. The Bertz CT molecular complexity index is 992. The normalized spacial score (nSPS) is 17.9. The van der Waals surface area contributed by atoms with Crippen LogP contribution < -0.4 is 4.72 Å². The number of nitrogens with one attached hydrogen (secondary N) is 1. The molecule has 0 aliphatic carbocycles. The lowest BCUT2D eigenvalue weighted by Gasteiger charge is -2.36. The molecule has 1 heterocycles. The first-order chi connectivity index (χ1) is 14.9. The zero-order chi connectivity index (χ0) is 23.5. The Morgan fingerprint density at radius 2 is 1.56 bits per heavy atom. The number of hydrogen-bond donors (Lipinski definition) is 1. The minimum Gasteiger partial charge on any atom is -0.443 e. The lowest BCUT2D eigenvalue weighted by Crippen LogP contribution is -2.53. The fourth-order valence-electron chi connectivity index (χ4n) is 3.50. The van der Waals surface area contributed by atoms with Crippen molar-refractivity contribution >= 4 is 16.3 Å². The van der Waals surface area contributed by atoms with E-state index in [2.05, 4.69) is 0 Å². The predicted molar refractivity (Wildman–Crippen MR) is 114 cm³/mol. The van der Waals surface area contributed by atoms with Gasteiger partial charge in [0.05, 0.1) is 12.7 Å². The Hall–Kier alpha value is -2.56. The zero-order valence-electron chi connectivity index (χ0n) is 18.0. The molecule has 3 rings (SSSR count). The molecule has 1 unspecified atom stereocenters. The largest absolute Gasteiger partial charge is 0.443 e. The molecule has 1 fully saturated rings. The molecule has 1 saturated heterocycles. The maximum atomic E-state index is 13.5. The van der Waals surface area contributed by atoms with E-state index in [1.165, 1.54) is 24.3 Å². The van der Waals surface area contributed by atoms with Gasteiger partial charge in [0.2, 0.25) is 0 Å². The average Bonchev–Trinajstić information content (AvgIpc) is 2.69. The van der Waals surface area contributed by atoms with Crippen LogP contribution in [0.15, 0.2) is 48.5 Å². The molecule has 1 aliphatic rings. The molecule has 0 radical (unpaired) electrons. The summed E-state index contributed by atoms with van der Waals surface area (Å²) in [6.45, 7) is 4.92. The molecule has 0 saturated carbocycles. The Balaban J connectivity index is 1.85. The monoisotopic (exact) mass is 468 g/mol. The van der Waals surface area contributed by atoms with Crippen LogP contribution in [0.2, 0.25) is 0 Å². The lowest BCUT2D eigenvalue weighted by atomic mass is 9.86. The van der Waals surface area contributed by atoms with E-state index in [9.17, 15) is 22.0 Å². The summed E-state index contributed by atoms with van der Waals surface area (Å²) < 4.78 is 66.5. The van der Waals surface area contributed by atoms with Crippen LogP contribution in [0.3, 0.4) is 0 Å². The van der Waals surface area contributed by atoms with Gasteiger partial charge in [0.25, 0.3) is 0 Å². The van der Waals surface area contributed by atoms with Gasteiger partial charge in [-0.3, -0.25) is 0 Å². The summed E-state index contributed by atoms with van der Waals surface area (Å²) in [6, 6.07) is 11.5. The number of ether oxygens (including phenoxy) is 2. The van der Waals surface area contributed by atoms with Crippen molar-refractivity contribution in [1.29, 1.82) is 0 Å². The van der Waals surface area contributed by atoms with E-state index in [1.807, 2.05) is 4.72 Å². The second-order valence-electron chi connectivity index (χ2n) is 8.46. The highest BCUT2D eigenvalue weighted by Crippen LogP contribution is 2.32. The molecule has 1 atom stereocenters. The van der Waals surface area contributed by atoms with E-state index in [1.54, 1.807) is 45.0 Å². The third kappa shape index (κ3) is 6.24. The van der Waals surface area contributed by atoms with Gasteiger partial charge in [-0.1, -0.05) is 24.3 Å². The molecular weight excluding hydrogens is 442 g/mol. The highest BCUT2D eigenvalue weighted by molar-refractivity contribution is 7.87.